The predicted molar refractivity (Wildman–Crippen MR) is 67.2 cm³/mol. The molecule has 4 heteroatoms. The topological polar surface area (TPSA) is 64.7 Å². The van der Waals surface area contributed by atoms with Crippen LogP contribution < -0.4 is 5.73 Å². The number of nitrogens with two attached hydrogens (primary N) is 1. The molecule has 2 heterocycles. The standard InChI is InChI=1S/C13H10N4/c14-13-12(15-7-8-16-13)11-6-5-9-3-1-2-4-10(9)17-11/h1-8H,(H2,14,16). The molecule has 0 atom stereocenters. The van der Waals surface area contributed by atoms with Crippen molar-refractivity contribution in [3.8, 4) is 11.4 Å². The third-order valence-corrected chi connectivity index (χ3v) is 2.57. The molecule has 82 valence electrons. The third kappa shape index (κ3) is 1.69. The van der Waals surface area contributed by atoms with Gasteiger partial charge in [-0.3, -0.25) is 0 Å². The fourth-order valence-electron chi connectivity index (χ4n) is 1.74. The highest BCUT2D eigenvalue weighted by Gasteiger charge is 2.06. The lowest BCUT2D eigenvalue weighted by Crippen LogP contribution is -1.97. The van der Waals surface area contributed by atoms with Crippen LogP contribution in [-0.2, 0) is 0 Å². The molecule has 0 amide bonds. The molecule has 0 aliphatic carbocycles. The number of aromatic nitrogens is 3. The summed E-state index contributed by atoms with van der Waals surface area (Å²) >= 11 is 0. The fraction of sp³-hybridized carbons (Fsp3) is 0. The van der Waals surface area contributed by atoms with E-state index in [1.165, 1.54) is 0 Å². The van der Waals surface area contributed by atoms with E-state index >= 15 is 0 Å². The zero-order valence-corrected chi connectivity index (χ0v) is 9.04. The molecule has 1 aromatic carbocycles. The maximum Gasteiger partial charge on any atom is 0.151 e. The number of anilines is 1. The average Bonchev–Trinajstić information content (AvgIpc) is 2.39. The van der Waals surface area contributed by atoms with Gasteiger partial charge in [-0.15, -0.1) is 0 Å². The maximum absolute atomic E-state index is 5.78. The largest absolute Gasteiger partial charge is 0.382 e. The molecule has 0 saturated carbocycles. The van der Waals surface area contributed by atoms with Gasteiger partial charge in [0.25, 0.3) is 0 Å². The van der Waals surface area contributed by atoms with Crippen molar-refractivity contribution in [2.24, 2.45) is 0 Å². The molecule has 0 aliphatic heterocycles. The number of rotatable bonds is 1. The first kappa shape index (κ1) is 9.72. The highest BCUT2D eigenvalue weighted by molar-refractivity contribution is 5.82. The highest BCUT2D eigenvalue weighted by atomic mass is 14.9. The molecule has 0 radical (unpaired) electrons. The lowest BCUT2D eigenvalue weighted by molar-refractivity contribution is 1.19. The zero-order chi connectivity index (χ0) is 11.7. The first-order chi connectivity index (χ1) is 8.34. The van der Waals surface area contributed by atoms with E-state index in [9.17, 15) is 0 Å². The molecule has 0 fully saturated rings. The van der Waals surface area contributed by atoms with Gasteiger partial charge in [0.05, 0.1) is 11.2 Å². The smallest absolute Gasteiger partial charge is 0.151 e. The van der Waals surface area contributed by atoms with Crippen LogP contribution in [0.1, 0.15) is 0 Å². The van der Waals surface area contributed by atoms with Gasteiger partial charge in [0, 0.05) is 17.8 Å². The molecule has 2 aromatic heterocycles. The van der Waals surface area contributed by atoms with Crippen molar-refractivity contribution in [1.29, 1.82) is 0 Å². The molecular formula is C13H10N4. The fourth-order valence-corrected chi connectivity index (χ4v) is 1.74. The van der Waals surface area contributed by atoms with Gasteiger partial charge in [0.1, 0.15) is 5.69 Å². The zero-order valence-electron chi connectivity index (χ0n) is 9.04. The first-order valence-electron chi connectivity index (χ1n) is 5.27. The Labute approximate surface area is 98.2 Å². The predicted octanol–water partition coefficient (Wildman–Crippen LogP) is 2.27. The van der Waals surface area contributed by atoms with Crippen LogP contribution in [0.3, 0.4) is 0 Å². The molecular weight excluding hydrogens is 212 g/mol. The summed E-state index contributed by atoms with van der Waals surface area (Å²) in [5.41, 5.74) is 8.08. The number of pyridine rings is 1. The highest BCUT2D eigenvalue weighted by Crippen LogP contribution is 2.21. The van der Waals surface area contributed by atoms with Gasteiger partial charge in [0.2, 0.25) is 0 Å². The summed E-state index contributed by atoms with van der Waals surface area (Å²) in [6.45, 7) is 0. The molecule has 0 spiro atoms. The molecule has 2 N–H and O–H groups in total. The number of fused-ring (bicyclic) bond motifs is 1. The Morgan fingerprint density at radius 1 is 0.882 bits per heavy atom. The minimum absolute atomic E-state index is 0.398. The van der Waals surface area contributed by atoms with Crippen molar-refractivity contribution in [1.82, 2.24) is 15.0 Å². The van der Waals surface area contributed by atoms with Gasteiger partial charge < -0.3 is 5.73 Å². The van der Waals surface area contributed by atoms with Crippen LogP contribution in [0.4, 0.5) is 5.82 Å². The van der Waals surface area contributed by atoms with Crippen LogP contribution in [0.15, 0.2) is 48.8 Å². The van der Waals surface area contributed by atoms with E-state index in [1.807, 2.05) is 36.4 Å². The van der Waals surface area contributed by atoms with Crippen LogP contribution in [0, 0.1) is 0 Å². The summed E-state index contributed by atoms with van der Waals surface area (Å²) in [6, 6.07) is 11.8. The van der Waals surface area contributed by atoms with Gasteiger partial charge in [0.15, 0.2) is 5.82 Å². The Morgan fingerprint density at radius 2 is 1.71 bits per heavy atom. The monoisotopic (exact) mass is 222 g/mol. The summed E-state index contributed by atoms with van der Waals surface area (Å²) in [4.78, 5) is 12.7. The van der Waals surface area contributed by atoms with E-state index in [4.69, 9.17) is 5.73 Å². The second-order valence-electron chi connectivity index (χ2n) is 3.68. The Morgan fingerprint density at radius 3 is 2.59 bits per heavy atom. The second-order valence-corrected chi connectivity index (χ2v) is 3.68. The molecule has 0 unspecified atom stereocenters. The SMILES string of the molecule is Nc1nccnc1-c1ccc2ccccc2n1. The number of hydrogen-bond acceptors (Lipinski definition) is 4. The lowest BCUT2D eigenvalue weighted by atomic mass is 10.2. The van der Waals surface area contributed by atoms with Crippen molar-refractivity contribution < 1.29 is 0 Å². The van der Waals surface area contributed by atoms with Crippen molar-refractivity contribution in [3.05, 3.63) is 48.8 Å². The van der Waals surface area contributed by atoms with Gasteiger partial charge in [-0.25, -0.2) is 15.0 Å². The minimum Gasteiger partial charge on any atom is -0.382 e. The van der Waals surface area contributed by atoms with Gasteiger partial charge in [-0.2, -0.15) is 0 Å². The summed E-state index contributed by atoms with van der Waals surface area (Å²) in [6.07, 6.45) is 3.18. The van der Waals surface area contributed by atoms with E-state index < -0.39 is 0 Å². The van der Waals surface area contributed by atoms with E-state index in [1.54, 1.807) is 12.4 Å². The summed E-state index contributed by atoms with van der Waals surface area (Å²) in [5.74, 6) is 0.398. The molecule has 17 heavy (non-hydrogen) atoms. The average molecular weight is 222 g/mol. The van der Waals surface area contributed by atoms with E-state index in [0.29, 0.717) is 11.5 Å². The van der Waals surface area contributed by atoms with Crippen molar-refractivity contribution in [3.63, 3.8) is 0 Å². The Hall–Kier alpha value is -2.49. The molecule has 0 bridgehead atoms. The Balaban J connectivity index is 2.22. The van der Waals surface area contributed by atoms with Crippen LogP contribution in [0.2, 0.25) is 0 Å². The molecule has 3 rings (SSSR count). The number of nitrogen functional groups attached to an aromatic ring is 1. The maximum atomic E-state index is 5.78. The normalized spacial score (nSPS) is 10.6. The van der Waals surface area contributed by atoms with Crippen molar-refractivity contribution >= 4 is 16.7 Å². The molecule has 4 nitrogen and oxygen atoms in total. The summed E-state index contributed by atoms with van der Waals surface area (Å²) in [7, 11) is 0. The van der Waals surface area contributed by atoms with E-state index in [0.717, 1.165) is 16.6 Å². The van der Waals surface area contributed by atoms with Crippen molar-refractivity contribution in [2.75, 3.05) is 5.73 Å². The number of nitrogens with zero attached hydrogens (tertiary/aromatic N) is 3. The third-order valence-electron chi connectivity index (χ3n) is 2.57. The second kappa shape index (κ2) is 3.83. The summed E-state index contributed by atoms with van der Waals surface area (Å²) < 4.78 is 0. The first-order valence-corrected chi connectivity index (χ1v) is 5.27. The number of hydrogen-bond donors (Lipinski definition) is 1. The minimum atomic E-state index is 0.398. The number of para-hydroxylation sites is 1. The lowest BCUT2D eigenvalue weighted by Gasteiger charge is -2.03. The van der Waals surface area contributed by atoms with Crippen LogP contribution in [0.5, 0.6) is 0 Å². The molecule has 0 saturated heterocycles. The van der Waals surface area contributed by atoms with Crippen LogP contribution in [0.25, 0.3) is 22.3 Å². The molecule has 3 aromatic rings. The Bertz CT molecular complexity index is 679. The van der Waals surface area contributed by atoms with Crippen LogP contribution >= 0.6 is 0 Å². The number of benzene rings is 1. The van der Waals surface area contributed by atoms with Crippen molar-refractivity contribution in [2.45, 2.75) is 0 Å². The Kier molecular flexibility index (Phi) is 2.19. The van der Waals surface area contributed by atoms with E-state index in [-0.39, 0.29) is 0 Å². The van der Waals surface area contributed by atoms with Gasteiger partial charge in [-0.1, -0.05) is 24.3 Å². The summed E-state index contributed by atoms with van der Waals surface area (Å²) in [5, 5.41) is 1.10. The van der Waals surface area contributed by atoms with Gasteiger partial charge in [-0.05, 0) is 12.1 Å². The van der Waals surface area contributed by atoms with E-state index in [2.05, 4.69) is 15.0 Å². The molecule has 0 aliphatic rings. The van der Waals surface area contributed by atoms with Gasteiger partial charge >= 0.3 is 0 Å². The van der Waals surface area contributed by atoms with Crippen LogP contribution in [-0.4, -0.2) is 15.0 Å². The quantitative estimate of drug-likeness (QED) is 0.686.